The van der Waals surface area contributed by atoms with Crippen LogP contribution in [0.1, 0.15) is 40.7 Å². The van der Waals surface area contributed by atoms with Crippen LogP contribution in [-0.2, 0) is 27.5 Å². The summed E-state index contributed by atoms with van der Waals surface area (Å²) in [6, 6.07) is 12.5. The second-order valence-electron chi connectivity index (χ2n) is 8.53. The van der Waals surface area contributed by atoms with Gasteiger partial charge in [0.05, 0.1) is 23.8 Å². The van der Waals surface area contributed by atoms with Crippen molar-refractivity contribution in [2.75, 3.05) is 11.1 Å². The van der Waals surface area contributed by atoms with Gasteiger partial charge in [-0.1, -0.05) is 42.5 Å². The summed E-state index contributed by atoms with van der Waals surface area (Å²) in [5.41, 5.74) is 6.28. The quantitative estimate of drug-likeness (QED) is 0.293. The molecule has 1 aliphatic carbocycles. The molecule has 2 aromatic heterocycles. The Morgan fingerprint density at radius 1 is 1.15 bits per heavy atom. The minimum Gasteiger partial charge on any atom is -0.367 e. The van der Waals surface area contributed by atoms with Gasteiger partial charge in [0.1, 0.15) is 23.2 Å². The van der Waals surface area contributed by atoms with E-state index in [0.717, 1.165) is 17.7 Å². The molecule has 3 aromatic rings. The number of allylic oxidation sites excluding steroid dienone is 2. The summed E-state index contributed by atoms with van der Waals surface area (Å²) in [5.74, 6) is -1.34. The summed E-state index contributed by atoms with van der Waals surface area (Å²) in [6.07, 6.45) is -2.16. The molecule has 1 aliphatic rings. The van der Waals surface area contributed by atoms with Gasteiger partial charge in [-0.05, 0) is 36.3 Å². The summed E-state index contributed by atoms with van der Waals surface area (Å²) < 4.78 is 72.3. The standard InChI is InChI=1S/C25H25F3N6O4S/c1-2-39(36,37)34-17-12-11-16(13-18(17)38-14-15-7-4-3-5-8-15)22-21(23(29)35)24(33-32-22)31-20-10-6-9-19(30-20)25(26,27)28/h3-12,18,34H,2,13-14H2,1H3,(H2,29,35)(H2,30,31,32,33). The molecule has 1 amide bonds. The van der Waals surface area contributed by atoms with Crippen molar-refractivity contribution >= 4 is 33.1 Å². The average molecular weight is 563 g/mol. The largest absolute Gasteiger partial charge is 0.433 e. The number of hydrogen-bond acceptors (Lipinski definition) is 7. The second kappa shape index (κ2) is 11.3. The average Bonchev–Trinajstić information content (AvgIpc) is 3.32. The zero-order valence-corrected chi connectivity index (χ0v) is 21.4. The van der Waals surface area contributed by atoms with Gasteiger partial charge in [-0.15, -0.1) is 0 Å². The van der Waals surface area contributed by atoms with E-state index in [2.05, 4.69) is 25.2 Å². The van der Waals surface area contributed by atoms with Crippen molar-refractivity contribution in [3.63, 3.8) is 0 Å². The lowest BCUT2D eigenvalue weighted by molar-refractivity contribution is -0.141. The van der Waals surface area contributed by atoms with E-state index in [1.165, 1.54) is 19.1 Å². The van der Waals surface area contributed by atoms with Gasteiger partial charge in [0.15, 0.2) is 5.82 Å². The van der Waals surface area contributed by atoms with Crippen molar-refractivity contribution in [3.05, 3.63) is 88.9 Å². The molecule has 5 N–H and O–H groups in total. The van der Waals surface area contributed by atoms with Gasteiger partial charge in [-0.25, -0.2) is 13.4 Å². The fraction of sp³-hybridized carbons (Fsp3) is 0.240. The molecule has 0 radical (unpaired) electrons. The molecule has 206 valence electrons. The molecule has 0 aliphatic heterocycles. The SMILES string of the molecule is CCS(=O)(=O)NC1=CC=C(c2[nH]nc(Nc3cccc(C(F)(F)F)n3)c2C(N)=O)CC1OCc1ccccc1. The molecule has 14 heteroatoms. The summed E-state index contributed by atoms with van der Waals surface area (Å²) in [6.45, 7) is 1.69. The first-order valence-corrected chi connectivity index (χ1v) is 13.4. The summed E-state index contributed by atoms with van der Waals surface area (Å²) in [4.78, 5) is 15.9. The Bertz CT molecular complexity index is 1520. The van der Waals surface area contributed by atoms with Gasteiger partial charge in [-0.2, -0.15) is 18.3 Å². The molecule has 0 saturated heterocycles. The number of alkyl halides is 3. The van der Waals surface area contributed by atoms with E-state index in [1.807, 2.05) is 30.3 Å². The number of nitrogens with zero attached hydrogens (tertiary/aromatic N) is 2. The van der Waals surface area contributed by atoms with E-state index in [-0.39, 0.29) is 41.7 Å². The number of pyridine rings is 1. The molecule has 0 spiro atoms. The first-order valence-electron chi connectivity index (χ1n) is 11.7. The van der Waals surface area contributed by atoms with Crippen LogP contribution in [0.2, 0.25) is 0 Å². The predicted molar refractivity (Wildman–Crippen MR) is 138 cm³/mol. The molecule has 2 heterocycles. The zero-order chi connectivity index (χ0) is 28.2. The highest BCUT2D eigenvalue weighted by atomic mass is 32.2. The molecular formula is C25H25F3N6O4S. The minimum absolute atomic E-state index is 0.103. The molecule has 1 aromatic carbocycles. The first-order chi connectivity index (χ1) is 18.5. The smallest absolute Gasteiger partial charge is 0.367 e. The first kappa shape index (κ1) is 27.9. The third-order valence-corrected chi connectivity index (χ3v) is 7.09. The number of primary amides is 1. The van der Waals surface area contributed by atoms with E-state index in [0.29, 0.717) is 11.3 Å². The van der Waals surface area contributed by atoms with E-state index in [9.17, 15) is 26.4 Å². The van der Waals surface area contributed by atoms with E-state index in [4.69, 9.17) is 10.5 Å². The van der Waals surface area contributed by atoms with Gasteiger partial charge in [0.2, 0.25) is 10.0 Å². The molecule has 1 atom stereocenters. The van der Waals surface area contributed by atoms with Crippen LogP contribution < -0.4 is 15.8 Å². The molecular weight excluding hydrogens is 537 g/mol. The monoisotopic (exact) mass is 562 g/mol. The van der Waals surface area contributed by atoms with Crippen LogP contribution in [0.25, 0.3) is 5.57 Å². The Morgan fingerprint density at radius 3 is 2.56 bits per heavy atom. The van der Waals surface area contributed by atoms with Crippen molar-refractivity contribution < 1.29 is 31.1 Å². The van der Waals surface area contributed by atoms with Crippen molar-refractivity contribution in [2.45, 2.75) is 32.2 Å². The third kappa shape index (κ3) is 6.83. The van der Waals surface area contributed by atoms with Gasteiger partial charge >= 0.3 is 6.18 Å². The highest BCUT2D eigenvalue weighted by Gasteiger charge is 2.33. The van der Waals surface area contributed by atoms with Crippen LogP contribution in [0.3, 0.4) is 0 Å². The number of aromatic nitrogens is 3. The Balaban J connectivity index is 1.65. The molecule has 0 saturated carbocycles. The fourth-order valence-electron chi connectivity index (χ4n) is 3.82. The number of nitrogens with two attached hydrogens (primary N) is 1. The Labute approximate surface area is 222 Å². The van der Waals surface area contributed by atoms with Crippen LogP contribution in [0, 0.1) is 0 Å². The second-order valence-corrected chi connectivity index (χ2v) is 10.5. The highest BCUT2D eigenvalue weighted by molar-refractivity contribution is 7.89. The number of sulfonamides is 1. The van der Waals surface area contributed by atoms with Crippen LogP contribution in [0.4, 0.5) is 24.8 Å². The van der Waals surface area contributed by atoms with Gasteiger partial charge in [0.25, 0.3) is 5.91 Å². The van der Waals surface area contributed by atoms with Crippen LogP contribution >= 0.6 is 0 Å². The molecule has 10 nitrogen and oxygen atoms in total. The van der Waals surface area contributed by atoms with Crippen LogP contribution in [-0.4, -0.2) is 41.4 Å². The number of nitrogens with one attached hydrogen (secondary N) is 3. The number of anilines is 2. The lowest BCUT2D eigenvalue weighted by atomic mass is 9.95. The van der Waals surface area contributed by atoms with Crippen molar-refractivity contribution in [1.82, 2.24) is 19.9 Å². The Kier molecular flexibility index (Phi) is 8.06. The summed E-state index contributed by atoms with van der Waals surface area (Å²) >= 11 is 0. The number of hydrogen-bond donors (Lipinski definition) is 4. The third-order valence-electron chi connectivity index (χ3n) is 5.78. The van der Waals surface area contributed by atoms with E-state index >= 15 is 0 Å². The summed E-state index contributed by atoms with van der Waals surface area (Å²) in [5, 5.41) is 9.35. The predicted octanol–water partition coefficient (Wildman–Crippen LogP) is 3.86. The van der Waals surface area contributed by atoms with Gasteiger partial charge in [0, 0.05) is 6.42 Å². The number of amides is 1. The zero-order valence-electron chi connectivity index (χ0n) is 20.6. The van der Waals surface area contributed by atoms with Crippen molar-refractivity contribution in [1.29, 1.82) is 0 Å². The molecule has 1 unspecified atom stereocenters. The molecule has 4 rings (SSSR count). The van der Waals surface area contributed by atoms with E-state index in [1.54, 1.807) is 6.08 Å². The number of carbonyl (C=O) groups excluding carboxylic acids is 1. The maximum absolute atomic E-state index is 13.1. The maximum Gasteiger partial charge on any atom is 0.433 e. The van der Waals surface area contributed by atoms with Crippen molar-refractivity contribution in [2.24, 2.45) is 5.73 Å². The number of ether oxygens (including phenoxy) is 1. The Morgan fingerprint density at radius 2 is 1.90 bits per heavy atom. The van der Waals surface area contributed by atoms with E-state index < -0.39 is 33.9 Å². The Hall–Kier alpha value is -4.17. The highest BCUT2D eigenvalue weighted by Crippen LogP contribution is 2.33. The topological polar surface area (TPSA) is 152 Å². The van der Waals surface area contributed by atoms with Crippen molar-refractivity contribution in [3.8, 4) is 0 Å². The normalized spacial score (nSPS) is 15.8. The number of carbonyl (C=O) groups is 1. The van der Waals surface area contributed by atoms with Gasteiger partial charge < -0.3 is 15.8 Å². The van der Waals surface area contributed by atoms with Crippen LogP contribution in [0.5, 0.6) is 0 Å². The molecule has 0 bridgehead atoms. The lowest BCUT2D eigenvalue weighted by Crippen LogP contribution is -2.34. The van der Waals surface area contributed by atoms with Gasteiger partial charge in [-0.3, -0.25) is 14.6 Å². The number of benzene rings is 1. The minimum atomic E-state index is -4.66. The molecule has 0 fully saturated rings. The maximum atomic E-state index is 13.1. The van der Waals surface area contributed by atoms with Crippen LogP contribution in [0.15, 0.2) is 66.4 Å². The number of rotatable bonds is 10. The lowest BCUT2D eigenvalue weighted by Gasteiger charge is -2.26. The molecule has 39 heavy (non-hydrogen) atoms. The number of halogens is 3. The fourth-order valence-corrected chi connectivity index (χ4v) is 4.52. The number of aromatic amines is 1. The number of H-pyrrole nitrogens is 1. The summed E-state index contributed by atoms with van der Waals surface area (Å²) in [7, 11) is -3.60.